The minimum atomic E-state index is -0.874. The van der Waals surface area contributed by atoms with Gasteiger partial charge in [-0.25, -0.2) is 0 Å². The molecule has 0 spiro atoms. The van der Waals surface area contributed by atoms with Crippen molar-refractivity contribution in [3.05, 3.63) is 34.9 Å². The SMILES string of the molecule is CNC(c1ccc(C)c(C)c1)C(N)CC(=O)O. The highest BCUT2D eigenvalue weighted by molar-refractivity contribution is 5.67. The van der Waals surface area contributed by atoms with E-state index in [-0.39, 0.29) is 12.5 Å². The first-order chi connectivity index (χ1) is 7.95. The highest BCUT2D eigenvalue weighted by atomic mass is 16.4. The van der Waals surface area contributed by atoms with Crippen molar-refractivity contribution in [1.82, 2.24) is 5.32 Å². The molecule has 4 N–H and O–H groups in total. The number of aliphatic carboxylic acids is 1. The summed E-state index contributed by atoms with van der Waals surface area (Å²) in [7, 11) is 1.79. The lowest BCUT2D eigenvalue weighted by molar-refractivity contribution is -0.137. The van der Waals surface area contributed by atoms with E-state index in [1.54, 1.807) is 7.05 Å². The molecule has 94 valence electrons. The van der Waals surface area contributed by atoms with Crippen LogP contribution in [0.15, 0.2) is 18.2 Å². The van der Waals surface area contributed by atoms with Crippen molar-refractivity contribution in [1.29, 1.82) is 0 Å². The summed E-state index contributed by atoms with van der Waals surface area (Å²) >= 11 is 0. The quantitative estimate of drug-likeness (QED) is 0.721. The first kappa shape index (κ1) is 13.7. The third kappa shape index (κ3) is 3.54. The van der Waals surface area contributed by atoms with Gasteiger partial charge in [-0.2, -0.15) is 0 Å². The number of carboxylic acid groups (broad SMARTS) is 1. The molecule has 2 atom stereocenters. The molecular weight excluding hydrogens is 216 g/mol. The van der Waals surface area contributed by atoms with Crippen LogP contribution in [-0.4, -0.2) is 24.2 Å². The van der Waals surface area contributed by atoms with Gasteiger partial charge in [0, 0.05) is 12.1 Å². The zero-order chi connectivity index (χ0) is 13.0. The Hall–Kier alpha value is -1.39. The average molecular weight is 236 g/mol. The van der Waals surface area contributed by atoms with Gasteiger partial charge in [0.2, 0.25) is 0 Å². The van der Waals surface area contributed by atoms with Gasteiger partial charge in [-0.3, -0.25) is 4.79 Å². The predicted molar refractivity (Wildman–Crippen MR) is 67.9 cm³/mol. The van der Waals surface area contributed by atoms with Crippen LogP contribution < -0.4 is 11.1 Å². The standard InChI is InChI=1S/C13H20N2O2/c1-8-4-5-10(6-9(8)2)13(15-3)11(14)7-12(16)17/h4-6,11,13,15H,7,14H2,1-3H3,(H,16,17). The van der Waals surface area contributed by atoms with Gasteiger partial charge in [-0.05, 0) is 37.6 Å². The summed E-state index contributed by atoms with van der Waals surface area (Å²) in [6.45, 7) is 4.08. The number of hydrogen-bond donors (Lipinski definition) is 3. The first-order valence-electron chi connectivity index (χ1n) is 5.67. The molecule has 0 bridgehead atoms. The molecule has 0 saturated heterocycles. The molecule has 0 aromatic heterocycles. The fourth-order valence-corrected chi connectivity index (χ4v) is 1.91. The summed E-state index contributed by atoms with van der Waals surface area (Å²) < 4.78 is 0. The third-order valence-electron chi connectivity index (χ3n) is 3.04. The highest BCUT2D eigenvalue weighted by Gasteiger charge is 2.20. The van der Waals surface area contributed by atoms with Gasteiger partial charge in [0.05, 0.1) is 6.42 Å². The van der Waals surface area contributed by atoms with Crippen LogP contribution in [0.5, 0.6) is 0 Å². The second-order valence-corrected chi connectivity index (χ2v) is 4.37. The molecule has 0 heterocycles. The van der Waals surface area contributed by atoms with Crippen LogP contribution in [0.2, 0.25) is 0 Å². The van der Waals surface area contributed by atoms with Crippen LogP contribution >= 0.6 is 0 Å². The number of hydrogen-bond acceptors (Lipinski definition) is 3. The number of benzene rings is 1. The summed E-state index contributed by atoms with van der Waals surface area (Å²) in [5.74, 6) is -0.874. The molecule has 4 nitrogen and oxygen atoms in total. The van der Waals surface area contributed by atoms with Crippen molar-refractivity contribution >= 4 is 5.97 Å². The molecule has 1 aromatic carbocycles. The van der Waals surface area contributed by atoms with E-state index in [0.717, 1.165) is 5.56 Å². The molecule has 0 aliphatic heterocycles. The van der Waals surface area contributed by atoms with Crippen molar-refractivity contribution < 1.29 is 9.90 Å². The van der Waals surface area contributed by atoms with Crippen LogP contribution in [0.4, 0.5) is 0 Å². The number of nitrogens with two attached hydrogens (primary N) is 1. The topological polar surface area (TPSA) is 75.3 Å². The largest absolute Gasteiger partial charge is 0.481 e. The highest BCUT2D eigenvalue weighted by Crippen LogP contribution is 2.20. The smallest absolute Gasteiger partial charge is 0.304 e. The fraction of sp³-hybridized carbons (Fsp3) is 0.462. The normalized spacial score (nSPS) is 14.4. The Morgan fingerprint density at radius 3 is 2.53 bits per heavy atom. The van der Waals surface area contributed by atoms with E-state index >= 15 is 0 Å². The number of rotatable bonds is 5. The lowest BCUT2D eigenvalue weighted by atomic mass is 9.95. The monoisotopic (exact) mass is 236 g/mol. The summed E-state index contributed by atoms with van der Waals surface area (Å²) in [5.41, 5.74) is 9.34. The Morgan fingerprint density at radius 1 is 1.41 bits per heavy atom. The number of carboxylic acids is 1. The summed E-state index contributed by atoms with van der Waals surface area (Å²) in [5, 5.41) is 11.8. The number of likely N-dealkylation sites (N-methyl/N-ethyl adjacent to an activating group) is 1. The van der Waals surface area contributed by atoms with E-state index in [1.165, 1.54) is 11.1 Å². The first-order valence-corrected chi connectivity index (χ1v) is 5.67. The van der Waals surface area contributed by atoms with Crippen LogP contribution in [0.25, 0.3) is 0 Å². The molecule has 1 rings (SSSR count). The van der Waals surface area contributed by atoms with Gasteiger partial charge in [-0.15, -0.1) is 0 Å². The Kier molecular flexibility index (Phi) is 4.66. The lowest BCUT2D eigenvalue weighted by Gasteiger charge is -2.23. The van der Waals surface area contributed by atoms with Crippen molar-refractivity contribution in [2.45, 2.75) is 32.4 Å². The van der Waals surface area contributed by atoms with E-state index in [9.17, 15) is 4.79 Å². The maximum absolute atomic E-state index is 10.7. The molecule has 0 radical (unpaired) electrons. The molecule has 2 unspecified atom stereocenters. The Labute approximate surface area is 102 Å². The minimum Gasteiger partial charge on any atom is -0.481 e. The van der Waals surface area contributed by atoms with Crippen molar-refractivity contribution in [2.24, 2.45) is 5.73 Å². The minimum absolute atomic E-state index is 0.0432. The predicted octanol–water partition coefficient (Wildman–Crippen LogP) is 1.37. The summed E-state index contributed by atoms with van der Waals surface area (Å²) in [6.07, 6.45) is -0.0432. The average Bonchev–Trinajstić information content (AvgIpc) is 2.23. The third-order valence-corrected chi connectivity index (χ3v) is 3.04. The van der Waals surface area contributed by atoms with Crippen molar-refractivity contribution in [2.75, 3.05) is 7.05 Å². The molecule has 0 saturated carbocycles. The van der Waals surface area contributed by atoms with Crippen molar-refractivity contribution in [3.8, 4) is 0 Å². The molecule has 0 aliphatic rings. The number of carbonyl (C=O) groups is 1. The van der Waals surface area contributed by atoms with Gasteiger partial charge in [-0.1, -0.05) is 18.2 Å². The maximum Gasteiger partial charge on any atom is 0.304 e. The number of nitrogens with one attached hydrogen (secondary N) is 1. The Morgan fingerprint density at radius 2 is 2.06 bits per heavy atom. The zero-order valence-electron chi connectivity index (χ0n) is 10.5. The lowest BCUT2D eigenvalue weighted by Crippen LogP contribution is -2.38. The van der Waals surface area contributed by atoms with E-state index in [1.807, 2.05) is 26.0 Å². The van der Waals surface area contributed by atoms with Gasteiger partial charge >= 0.3 is 5.97 Å². The second kappa shape index (κ2) is 5.80. The van der Waals surface area contributed by atoms with E-state index in [4.69, 9.17) is 10.8 Å². The van der Waals surface area contributed by atoms with Gasteiger partial charge < -0.3 is 16.2 Å². The van der Waals surface area contributed by atoms with Crippen LogP contribution in [-0.2, 0) is 4.79 Å². The van der Waals surface area contributed by atoms with Crippen LogP contribution in [0, 0.1) is 13.8 Å². The van der Waals surface area contributed by atoms with Crippen molar-refractivity contribution in [3.63, 3.8) is 0 Å². The van der Waals surface area contributed by atoms with E-state index < -0.39 is 12.0 Å². The van der Waals surface area contributed by atoms with E-state index in [2.05, 4.69) is 11.4 Å². The second-order valence-electron chi connectivity index (χ2n) is 4.37. The molecule has 0 amide bonds. The van der Waals surface area contributed by atoms with Gasteiger partial charge in [0.15, 0.2) is 0 Å². The number of aryl methyl sites for hydroxylation is 2. The Balaban J connectivity index is 2.92. The van der Waals surface area contributed by atoms with Crippen LogP contribution in [0.3, 0.4) is 0 Å². The summed E-state index contributed by atoms with van der Waals surface area (Å²) in [6, 6.07) is 5.51. The van der Waals surface area contributed by atoms with Gasteiger partial charge in [0.25, 0.3) is 0 Å². The molecule has 4 heteroatoms. The molecular formula is C13H20N2O2. The summed E-state index contributed by atoms with van der Waals surface area (Å²) in [4.78, 5) is 10.7. The van der Waals surface area contributed by atoms with Gasteiger partial charge in [0.1, 0.15) is 0 Å². The maximum atomic E-state index is 10.7. The zero-order valence-corrected chi connectivity index (χ0v) is 10.5. The van der Waals surface area contributed by atoms with Crippen LogP contribution in [0.1, 0.15) is 29.2 Å². The Bertz CT molecular complexity index is 404. The molecule has 0 fully saturated rings. The fourth-order valence-electron chi connectivity index (χ4n) is 1.91. The van der Waals surface area contributed by atoms with E-state index in [0.29, 0.717) is 0 Å². The molecule has 17 heavy (non-hydrogen) atoms. The molecule has 1 aromatic rings. The molecule has 0 aliphatic carbocycles.